The molecule has 1 aromatic heterocycles. The van der Waals surface area contributed by atoms with Crippen LogP contribution < -0.4 is 5.32 Å². The van der Waals surface area contributed by atoms with Crippen LogP contribution in [-0.4, -0.2) is 39.0 Å². The molecule has 7 heteroatoms. The zero-order valence-corrected chi connectivity index (χ0v) is 16.9. The number of hydrogen-bond acceptors (Lipinski definition) is 6. The second-order valence-electron chi connectivity index (χ2n) is 7.80. The lowest BCUT2D eigenvalue weighted by molar-refractivity contribution is -0.141. The lowest BCUT2D eigenvalue weighted by Crippen LogP contribution is -2.33. The van der Waals surface area contributed by atoms with E-state index in [4.69, 9.17) is 5.11 Å². The van der Waals surface area contributed by atoms with Gasteiger partial charge in [-0.2, -0.15) is 0 Å². The molecular formula is C21H26N4O2S. The minimum atomic E-state index is -0.676. The van der Waals surface area contributed by atoms with E-state index in [9.17, 15) is 4.79 Å². The number of anilines is 2. The Labute approximate surface area is 169 Å². The number of nitrogens with zero attached hydrogens (tertiary/aromatic N) is 3. The number of benzene rings is 1. The Balaban J connectivity index is 1.30. The van der Waals surface area contributed by atoms with E-state index in [1.807, 2.05) is 6.92 Å². The van der Waals surface area contributed by atoms with Gasteiger partial charge < -0.3 is 10.4 Å². The van der Waals surface area contributed by atoms with E-state index in [1.165, 1.54) is 10.5 Å². The van der Waals surface area contributed by atoms with E-state index in [2.05, 4.69) is 38.4 Å². The molecule has 1 atom stereocenters. The highest BCUT2D eigenvalue weighted by Crippen LogP contribution is 2.42. The molecule has 0 aliphatic carbocycles. The second-order valence-corrected chi connectivity index (χ2v) is 8.83. The van der Waals surface area contributed by atoms with E-state index in [0.29, 0.717) is 5.92 Å². The number of fused-ring (bicyclic) bond motifs is 2. The highest BCUT2D eigenvalue weighted by atomic mass is 32.2. The maximum absolute atomic E-state index is 11.0. The van der Waals surface area contributed by atoms with Crippen molar-refractivity contribution in [1.29, 1.82) is 0 Å². The molecule has 2 N–H and O–H groups in total. The molecule has 4 rings (SSSR count). The minimum Gasteiger partial charge on any atom is -0.481 e. The van der Waals surface area contributed by atoms with Crippen LogP contribution in [0.25, 0.3) is 0 Å². The normalized spacial score (nSPS) is 18.0. The summed E-state index contributed by atoms with van der Waals surface area (Å²) in [6, 6.07) is 6.59. The predicted molar refractivity (Wildman–Crippen MR) is 110 cm³/mol. The average molecular weight is 399 g/mol. The Bertz CT molecular complexity index is 852. The summed E-state index contributed by atoms with van der Waals surface area (Å²) in [6.07, 6.45) is 7.57. The molecule has 1 aromatic carbocycles. The number of carbonyl (C=O) groups is 1. The quantitative estimate of drug-likeness (QED) is 0.637. The standard InChI is InChI=1S/C21H26N4O2S/c1-14(21(26)27)2-3-15-6-10-25(11-7-15)13-16-4-5-18-17(12-16)24-19-20(28-18)23-9-8-22-19/h4-5,8-9,12,14-15H,2-3,6-7,10-11,13H2,1H3,(H,22,24)(H,26,27). The summed E-state index contributed by atoms with van der Waals surface area (Å²) in [5.41, 5.74) is 2.41. The van der Waals surface area contributed by atoms with Crippen LogP contribution in [0.3, 0.4) is 0 Å². The number of rotatable bonds is 6. The Morgan fingerprint density at radius 1 is 1.32 bits per heavy atom. The average Bonchev–Trinajstić information content (AvgIpc) is 2.71. The fourth-order valence-electron chi connectivity index (χ4n) is 3.88. The molecule has 2 aromatic rings. The maximum atomic E-state index is 11.0. The molecule has 1 saturated heterocycles. The fraction of sp³-hybridized carbons (Fsp3) is 0.476. The summed E-state index contributed by atoms with van der Waals surface area (Å²) in [5.74, 6) is 0.585. The van der Waals surface area contributed by atoms with Crippen molar-refractivity contribution in [2.24, 2.45) is 11.8 Å². The van der Waals surface area contributed by atoms with Crippen LogP contribution in [0.2, 0.25) is 0 Å². The van der Waals surface area contributed by atoms with Gasteiger partial charge in [0, 0.05) is 23.8 Å². The molecule has 0 saturated carbocycles. The monoisotopic (exact) mass is 398 g/mol. The van der Waals surface area contributed by atoms with Gasteiger partial charge in [-0.05, 0) is 62.4 Å². The van der Waals surface area contributed by atoms with Crippen molar-refractivity contribution in [3.05, 3.63) is 36.2 Å². The number of likely N-dealkylation sites (tertiary alicyclic amines) is 1. The van der Waals surface area contributed by atoms with Crippen LogP contribution >= 0.6 is 11.8 Å². The van der Waals surface area contributed by atoms with Gasteiger partial charge in [-0.25, -0.2) is 9.97 Å². The van der Waals surface area contributed by atoms with Gasteiger partial charge in [-0.3, -0.25) is 9.69 Å². The predicted octanol–water partition coefficient (Wildman–Crippen LogP) is 4.40. The van der Waals surface area contributed by atoms with Crippen molar-refractivity contribution in [2.75, 3.05) is 18.4 Å². The highest BCUT2D eigenvalue weighted by molar-refractivity contribution is 7.99. The summed E-state index contributed by atoms with van der Waals surface area (Å²) in [6.45, 7) is 4.93. The first-order valence-corrected chi connectivity index (χ1v) is 10.7. The third-order valence-electron chi connectivity index (χ3n) is 5.71. The molecule has 6 nitrogen and oxygen atoms in total. The molecule has 1 unspecified atom stereocenters. The van der Waals surface area contributed by atoms with Crippen molar-refractivity contribution in [3.8, 4) is 0 Å². The molecule has 1 fully saturated rings. The minimum absolute atomic E-state index is 0.228. The molecular weight excluding hydrogens is 372 g/mol. The van der Waals surface area contributed by atoms with Gasteiger partial charge in [0.15, 0.2) is 5.82 Å². The van der Waals surface area contributed by atoms with Crippen molar-refractivity contribution in [3.63, 3.8) is 0 Å². The number of aromatic nitrogens is 2. The van der Waals surface area contributed by atoms with Crippen LogP contribution in [-0.2, 0) is 11.3 Å². The summed E-state index contributed by atoms with van der Waals surface area (Å²) in [4.78, 5) is 23.4. The summed E-state index contributed by atoms with van der Waals surface area (Å²) in [7, 11) is 0. The highest BCUT2D eigenvalue weighted by Gasteiger charge is 2.22. The molecule has 0 spiro atoms. The third-order valence-corrected chi connectivity index (χ3v) is 6.78. The zero-order chi connectivity index (χ0) is 19.5. The molecule has 0 bridgehead atoms. The van der Waals surface area contributed by atoms with Crippen LogP contribution in [0, 0.1) is 11.8 Å². The fourth-order valence-corrected chi connectivity index (χ4v) is 4.76. The topological polar surface area (TPSA) is 78.3 Å². The number of nitrogens with one attached hydrogen (secondary N) is 1. The van der Waals surface area contributed by atoms with Crippen molar-refractivity contribution < 1.29 is 9.90 Å². The van der Waals surface area contributed by atoms with Crippen LogP contribution in [0.4, 0.5) is 11.5 Å². The third kappa shape index (κ3) is 4.47. The van der Waals surface area contributed by atoms with Gasteiger partial charge in [-0.1, -0.05) is 24.8 Å². The van der Waals surface area contributed by atoms with E-state index >= 15 is 0 Å². The van der Waals surface area contributed by atoms with E-state index in [0.717, 1.165) is 61.8 Å². The van der Waals surface area contributed by atoms with E-state index in [-0.39, 0.29) is 5.92 Å². The van der Waals surface area contributed by atoms with Crippen LogP contribution in [0.5, 0.6) is 0 Å². The molecule has 2 aliphatic rings. The number of aliphatic carboxylic acids is 1. The smallest absolute Gasteiger partial charge is 0.306 e. The first kappa shape index (κ1) is 19.2. The zero-order valence-electron chi connectivity index (χ0n) is 16.1. The number of piperidine rings is 1. The largest absolute Gasteiger partial charge is 0.481 e. The number of hydrogen-bond donors (Lipinski definition) is 2. The summed E-state index contributed by atoms with van der Waals surface area (Å²) < 4.78 is 0. The Kier molecular flexibility index (Phi) is 5.82. The van der Waals surface area contributed by atoms with Gasteiger partial charge in [0.25, 0.3) is 0 Å². The van der Waals surface area contributed by atoms with Gasteiger partial charge in [-0.15, -0.1) is 0 Å². The van der Waals surface area contributed by atoms with Crippen molar-refractivity contribution in [1.82, 2.24) is 14.9 Å². The Morgan fingerprint density at radius 2 is 2.11 bits per heavy atom. The first-order chi connectivity index (χ1) is 13.6. The van der Waals surface area contributed by atoms with Gasteiger partial charge in [0.05, 0.1) is 11.6 Å². The molecule has 148 valence electrons. The molecule has 0 amide bonds. The van der Waals surface area contributed by atoms with E-state index < -0.39 is 5.97 Å². The SMILES string of the molecule is CC(CCC1CCN(Cc2ccc3c(c2)Nc2nccnc2S3)CC1)C(=O)O. The Morgan fingerprint density at radius 3 is 2.89 bits per heavy atom. The molecule has 2 aliphatic heterocycles. The van der Waals surface area contributed by atoms with Crippen LogP contribution in [0.15, 0.2) is 40.5 Å². The first-order valence-electron chi connectivity index (χ1n) is 9.92. The second kappa shape index (κ2) is 8.49. The van der Waals surface area contributed by atoms with Gasteiger partial charge in [0.1, 0.15) is 5.03 Å². The molecule has 3 heterocycles. The number of carboxylic acids is 1. The van der Waals surface area contributed by atoms with Gasteiger partial charge in [0.2, 0.25) is 0 Å². The lowest BCUT2D eigenvalue weighted by Gasteiger charge is -2.32. The maximum Gasteiger partial charge on any atom is 0.306 e. The van der Waals surface area contributed by atoms with Crippen molar-refractivity contribution in [2.45, 2.75) is 49.1 Å². The van der Waals surface area contributed by atoms with Gasteiger partial charge >= 0.3 is 5.97 Å². The van der Waals surface area contributed by atoms with Crippen molar-refractivity contribution >= 4 is 29.2 Å². The van der Waals surface area contributed by atoms with Crippen LogP contribution in [0.1, 0.15) is 38.2 Å². The molecule has 0 radical (unpaired) electrons. The molecule has 28 heavy (non-hydrogen) atoms. The number of carboxylic acid groups (broad SMARTS) is 1. The summed E-state index contributed by atoms with van der Waals surface area (Å²) in [5, 5.41) is 13.4. The lowest BCUT2D eigenvalue weighted by atomic mass is 9.89. The summed E-state index contributed by atoms with van der Waals surface area (Å²) >= 11 is 1.66. The Hall–Kier alpha value is -2.12. The van der Waals surface area contributed by atoms with E-state index in [1.54, 1.807) is 24.2 Å².